The highest BCUT2D eigenvalue weighted by Gasteiger charge is 2.31. The van der Waals surface area contributed by atoms with E-state index in [0.29, 0.717) is 30.5 Å². The van der Waals surface area contributed by atoms with Crippen molar-refractivity contribution in [1.29, 1.82) is 0 Å². The molecule has 0 N–H and O–H groups in total. The Morgan fingerprint density at radius 1 is 1.62 bits per heavy atom. The molecule has 1 aromatic heterocycles. The molecule has 4 nitrogen and oxygen atoms in total. The molecule has 0 aliphatic carbocycles. The van der Waals surface area contributed by atoms with E-state index in [2.05, 4.69) is 4.98 Å². The maximum absolute atomic E-state index is 12.9. The Hall–Kier alpha value is -1.49. The van der Waals surface area contributed by atoms with Crippen molar-refractivity contribution in [1.82, 2.24) is 9.88 Å². The third-order valence-electron chi connectivity index (χ3n) is 2.92. The third kappa shape index (κ3) is 1.67. The quantitative estimate of drug-likeness (QED) is 0.716. The van der Waals surface area contributed by atoms with Crippen molar-refractivity contribution >= 4 is 5.91 Å². The summed E-state index contributed by atoms with van der Waals surface area (Å²) >= 11 is 0. The number of halogens is 1. The van der Waals surface area contributed by atoms with Gasteiger partial charge < -0.3 is 9.64 Å². The molecular formula is C11H11FN2O2. The minimum atomic E-state index is -0.459. The Morgan fingerprint density at radius 3 is 3.19 bits per heavy atom. The highest BCUT2D eigenvalue weighted by molar-refractivity contribution is 5.97. The van der Waals surface area contributed by atoms with Gasteiger partial charge in [-0.1, -0.05) is 0 Å². The Morgan fingerprint density at radius 2 is 2.44 bits per heavy atom. The first-order valence-corrected chi connectivity index (χ1v) is 5.29. The van der Waals surface area contributed by atoms with Crippen molar-refractivity contribution in [3.05, 3.63) is 29.3 Å². The molecule has 0 saturated carbocycles. The number of hydrogen-bond donors (Lipinski definition) is 0. The molecule has 1 atom stereocenters. The Bertz CT molecular complexity index is 446. The van der Waals surface area contributed by atoms with Crippen molar-refractivity contribution in [2.45, 2.75) is 19.1 Å². The van der Waals surface area contributed by atoms with Gasteiger partial charge in [-0.3, -0.25) is 9.78 Å². The van der Waals surface area contributed by atoms with E-state index in [-0.39, 0.29) is 5.91 Å². The first-order chi connectivity index (χ1) is 7.74. The molecule has 0 spiro atoms. The number of nitrogens with zero attached hydrogens (tertiary/aromatic N) is 2. The van der Waals surface area contributed by atoms with Gasteiger partial charge in [0.05, 0.1) is 36.7 Å². The second-order valence-electron chi connectivity index (χ2n) is 4.12. The number of ether oxygens (including phenoxy) is 1. The van der Waals surface area contributed by atoms with Gasteiger partial charge in [0.25, 0.3) is 5.91 Å². The van der Waals surface area contributed by atoms with E-state index in [0.717, 1.165) is 19.2 Å². The highest BCUT2D eigenvalue weighted by atomic mass is 19.1. The largest absolute Gasteiger partial charge is 0.373 e. The summed E-state index contributed by atoms with van der Waals surface area (Å²) in [5.41, 5.74) is 1.07. The lowest BCUT2D eigenvalue weighted by molar-refractivity contribution is 0.0773. The van der Waals surface area contributed by atoms with Crippen LogP contribution in [0.2, 0.25) is 0 Å². The first-order valence-electron chi connectivity index (χ1n) is 5.29. The van der Waals surface area contributed by atoms with Crippen molar-refractivity contribution in [3.8, 4) is 0 Å². The Labute approximate surface area is 92.0 Å². The van der Waals surface area contributed by atoms with Gasteiger partial charge in [0, 0.05) is 6.54 Å². The van der Waals surface area contributed by atoms with Gasteiger partial charge in [0.15, 0.2) is 0 Å². The molecule has 2 aliphatic rings. The van der Waals surface area contributed by atoms with Crippen LogP contribution in [0.4, 0.5) is 4.39 Å². The van der Waals surface area contributed by atoms with Crippen LogP contribution in [-0.2, 0) is 11.3 Å². The maximum atomic E-state index is 12.9. The van der Waals surface area contributed by atoms with E-state index < -0.39 is 5.82 Å². The standard InChI is InChI=1S/C11H11FN2O2/c12-7-3-9-10(13-4-7)5-14(11(9)15)2-1-8-6-16-8/h3-4,8H,1-2,5-6H2. The van der Waals surface area contributed by atoms with Crippen LogP contribution in [0.1, 0.15) is 22.5 Å². The van der Waals surface area contributed by atoms with Gasteiger partial charge in [0.1, 0.15) is 5.82 Å². The van der Waals surface area contributed by atoms with Crippen LogP contribution in [0.3, 0.4) is 0 Å². The number of hydrogen-bond acceptors (Lipinski definition) is 3. The molecule has 1 unspecified atom stereocenters. The molecule has 0 bridgehead atoms. The average Bonchev–Trinajstić information content (AvgIpc) is 3.04. The summed E-state index contributed by atoms with van der Waals surface area (Å²) < 4.78 is 18.0. The van der Waals surface area contributed by atoms with Crippen molar-refractivity contribution < 1.29 is 13.9 Å². The molecule has 0 radical (unpaired) electrons. The normalized spacial score (nSPS) is 22.4. The second kappa shape index (κ2) is 3.52. The van der Waals surface area contributed by atoms with E-state index in [4.69, 9.17) is 4.74 Å². The zero-order valence-electron chi connectivity index (χ0n) is 8.65. The van der Waals surface area contributed by atoms with Crippen LogP contribution in [-0.4, -0.2) is 35.0 Å². The van der Waals surface area contributed by atoms with Gasteiger partial charge in [-0.15, -0.1) is 0 Å². The fraction of sp³-hybridized carbons (Fsp3) is 0.455. The van der Waals surface area contributed by atoms with Gasteiger partial charge in [-0.25, -0.2) is 4.39 Å². The van der Waals surface area contributed by atoms with E-state index in [1.165, 1.54) is 6.07 Å². The summed E-state index contributed by atoms with van der Waals surface area (Å²) in [5.74, 6) is -0.581. The zero-order valence-corrected chi connectivity index (χ0v) is 8.65. The summed E-state index contributed by atoms with van der Waals surface area (Å²) in [7, 11) is 0. The fourth-order valence-corrected chi connectivity index (χ4v) is 1.92. The van der Waals surface area contributed by atoms with Crippen LogP contribution in [0.25, 0.3) is 0 Å². The van der Waals surface area contributed by atoms with Crippen LogP contribution in [0, 0.1) is 5.82 Å². The molecule has 5 heteroatoms. The van der Waals surface area contributed by atoms with Crippen LogP contribution >= 0.6 is 0 Å². The Balaban J connectivity index is 1.74. The van der Waals surface area contributed by atoms with Gasteiger partial charge in [-0.05, 0) is 12.5 Å². The summed E-state index contributed by atoms with van der Waals surface area (Å²) in [6.07, 6.45) is 2.31. The van der Waals surface area contributed by atoms with E-state index in [1.54, 1.807) is 4.90 Å². The van der Waals surface area contributed by atoms with Crippen molar-refractivity contribution in [3.63, 3.8) is 0 Å². The molecule has 3 rings (SSSR count). The van der Waals surface area contributed by atoms with Crippen LogP contribution in [0.5, 0.6) is 0 Å². The summed E-state index contributed by atoms with van der Waals surface area (Å²) in [4.78, 5) is 17.5. The fourth-order valence-electron chi connectivity index (χ4n) is 1.92. The lowest BCUT2D eigenvalue weighted by Gasteiger charge is -2.13. The third-order valence-corrected chi connectivity index (χ3v) is 2.92. The number of rotatable bonds is 3. The number of carbonyl (C=O) groups is 1. The molecular weight excluding hydrogens is 211 g/mol. The maximum Gasteiger partial charge on any atom is 0.256 e. The van der Waals surface area contributed by atoms with E-state index in [9.17, 15) is 9.18 Å². The molecule has 16 heavy (non-hydrogen) atoms. The topological polar surface area (TPSA) is 45.7 Å². The summed E-state index contributed by atoms with van der Waals surface area (Å²) in [6.45, 7) is 1.94. The number of epoxide rings is 1. The predicted octanol–water partition coefficient (Wildman–Crippen LogP) is 0.965. The van der Waals surface area contributed by atoms with E-state index >= 15 is 0 Å². The van der Waals surface area contributed by atoms with Crippen molar-refractivity contribution in [2.24, 2.45) is 0 Å². The molecule has 1 saturated heterocycles. The number of amides is 1. The highest BCUT2D eigenvalue weighted by Crippen LogP contribution is 2.23. The lowest BCUT2D eigenvalue weighted by Crippen LogP contribution is -2.25. The first kappa shape index (κ1) is 9.72. The van der Waals surface area contributed by atoms with Crippen molar-refractivity contribution in [2.75, 3.05) is 13.2 Å². The number of pyridine rings is 1. The van der Waals surface area contributed by atoms with Gasteiger partial charge >= 0.3 is 0 Å². The van der Waals surface area contributed by atoms with Crippen LogP contribution in [0.15, 0.2) is 12.3 Å². The average molecular weight is 222 g/mol. The molecule has 1 amide bonds. The molecule has 84 valence electrons. The lowest BCUT2D eigenvalue weighted by atomic mass is 10.2. The number of aromatic nitrogens is 1. The van der Waals surface area contributed by atoms with Gasteiger partial charge in [0.2, 0.25) is 0 Å². The molecule has 1 aromatic rings. The zero-order chi connectivity index (χ0) is 11.1. The monoisotopic (exact) mass is 222 g/mol. The number of carbonyl (C=O) groups excluding carboxylic acids is 1. The molecule has 1 fully saturated rings. The number of fused-ring (bicyclic) bond motifs is 1. The summed E-state index contributed by atoms with van der Waals surface area (Å²) in [5, 5.41) is 0. The minimum absolute atomic E-state index is 0.123. The molecule has 3 heterocycles. The smallest absolute Gasteiger partial charge is 0.256 e. The summed E-state index contributed by atoms with van der Waals surface area (Å²) in [6, 6.07) is 1.26. The van der Waals surface area contributed by atoms with E-state index in [1.807, 2.05) is 0 Å². The molecule has 0 aromatic carbocycles. The SMILES string of the molecule is O=C1c2cc(F)cnc2CN1CCC1CO1. The van der Waals surface area contributed by atoms with Crippen LogP contribution < -0.4 is 0 Å². The molecule has 2 aliphatic heterocycles. The minimum Gasteiger partial charge on any atom is -0.373 e. The van der Waals surface area contributed by atoms with Gasteiger partial charge in [-0.2, -0.15) is 0 Å². The second-order valence-corrected chi connectivity index (χ2v) is 4.12. The Kier molecular flexibility index (Phi) is 2.14. The predicted molar refractivity (Wildman–Crippen MR) is 53.3 cm³/mol.